The number of rotatable bonds is 4. The number of hydrogen-bond acceptors (Lipinski definition) is 4. The Morgan fingerprint density at radius 1 is 1.08 bits per heavy atom. The first-order chi connectivity index (χ1) is 12.5. The standard InChI is InChI=1S/C18H17F2N3O3/c19-13-5-6-14(20)15(11-13)21-18(24)12-4-7-16(17(10-12)23(25)26)22-8-2-1-3-9-22/h4-7,10-11H,1-3,8-9H2,(H,21,24). The molecule has 1 heterocycles. The quantitative estimate of drug-likeness (QED) is 0.657. The van der Waals surface area contributed by atoms with Gasteiger partial charge in [0, 0.05) is 30.8 Å². The van der Waals surface area contributed by atoms with E-state index in [1.165, 1.54) is 12.1 Å². The summed E-state index contributed by atoms with van der Waals surface area (Å²) in [6.45, 7) is 1.45. The van der Waals surface area contributed by atoms with Crippen LogP contribution in [0.4, 0.5) is 25.8 Å². The number of anilines is 2. The Morgan fingerprint density at radius 3 is 2.50 bits per heavy atom. The predicted octanol–water partition coefficient (Wildman–Crippen LogP) is 4.12. The van der Waals surface area contributed by atoms with Gasteiger partial charge in [-0.1, -0.05) is 0 Å². The SMILES string of the molecule is O=C(Nc1cc(F)ccc1F)c1ccc(N2CCCCC2)c([N+](=O)[O-])c1. The van der Waals surface area contributed by atoms with Crippen molar-refractivity contribution in [1.82, 2.24) is 0 Å². The second-order valence-corrected chi connectivity index (χ2v) is 6.09. The van der Waals surface area contributed by atoms with Crippen LogP contribution in [0.15, 0.2) is 36.4 Å². The maximum absolute atomic E-state index is 13.7. The Kier molecular flexibility index (Phi) is 5.11. The molecule has 0 radical (unpaired) electrons. The topological polar surface area (TPSA) is 75.5 Å². The second-order valence-electron chi connectivity index (χ2n) is 6.09. The van der Waals surface area contributed by atoms with Crippen LogP contribution < -0.4 is 10.2 Å². The predicted molar refractivity (Wildman–Crippen MR) is 93.5 cm³/mol. The molecule has 0 aliphatic carbocycles. The van der Waals surface area contributed by atoms with Gasteiger partial charge in [0.25, 0.3) is 11.6 Å². The van der Waals surface area contributed by atoms with E-state index in [1.807, 2.05) is 4.90 Å². The minimum atomic E-state index is -0.792. The molecule has 26 heavy (non-hydrogen) atoms. The lowest BCUT2D eigenvalue weighted by molar-refractivity contribution is -0.384. The molecule has 6 nitrogen and oxygen atoms in total. The molecule has 0 atom stereocenters. The monoisotopic (exact) mass is 361 g/mol. The third kappa shape index (κ3) is 3.79. The van der Waals surface area contributed by atoms with Crippen LogP contribution in [0.2, 0.25) is 0 Å². The van der Waals surface area contributed by atoms with Crippen molar-refractivity contribution < 1.29 is 18.5 Å². The summed E-state index contributed by atoms with van der Waals surface area (Å²) in [4.78, 5) is 25.1. The highest BCUT2D eigenvalue weighted by Crippen LogP contribution is 2.31. The number of carbonyl (C=O) groups excluding carboxylic acids is 1. The summed E-state index contributed by atoms with van der Waals surface area (Å²) < 4.78 is 26.9. The molecule has 1 fully saturated rings. The van der Waals surface area contributed by atoms with Gasteiger partial charge in [-0.25, -0.2) is 8.78 Å². The molecule has 2 aromatic rings. The van der Waals surface area contributed by atoms with Crippen LogP contribution in [0.5, 0.6) is 0 Å². The Balaban J connectivity index is 1.88. The fourth-order valence-electron chi connectivity index (χ4n) is 3.00. The lowest BCUT2D eigenvalue weighted by Crippen LogP contribution is -2.30. The van der Waals surface area contributed by atoms with Crippen molar-refractivity contribution in [3.05, 3.63) is 63.7 Å². The summed E-state index contributed by atoms with van der Waals surface area (Å²) in [6.07, 6.45) is 3.00. The number of halogens is 2. The number of piperidine rings is 1. The molecule has 2 aromatic carbocycles. The molecule has 0 bridgehead atoms. The first-order valence-electron chi connectivity index (χ1n) is 8.25. The van der Waals surface area contributed by atoms with E-state index in [2.05, 4.69) is 5.32 Å². The molecular formula is C18H17F2N3O3. The number of carbonyl (C=O) groups is 1. The van der Waals surface area contributed by atoms with E-state index in [-0.39, 0.29) is 16.9 Å². The van der Waals surface area contributed by atoms with Gasteiger partial charge in [0.05, 0.1) is 10.6 Å². The van der Waals surface area contributed by atoms with Gasteiger partial charge < -0.3 is 10.2 Å². The van der Waals surface area contributed by atoms with Gasteiger partial charge >= 0.3 is 0 Å². The van der Waals surface area contributed by atoms with E-state index in [4.69, 9.17) is 0 Å². The largest absolute Gasteiger partial charge is 0.366 e. The summed E-state index contributed by atoms with van der Waals surface area (Å²) >= 11 is 0. The number of amides is 1. The molecule has 3 rings (SSSR count). The maximum Gasteiger partial charge on any atom is 0.293 e. The van der Waals surface area contributed by atoms with Gasteiger partial charge in [-0.05, 0) is 43.5 Å². The fourth-order valence-corrected chi connectivity index (χ4v) is 3.00. The highest BCUT2D eigenvalue weighted by molar-refractivity contribution is 6.05. The summed E-state index contributed by atoms with van der Waals surface area (Å²) in [7, 11) is 0. The van der Waals surface area contributed by atoms with Gasteiger partial charge in [0.15, 0.2) is 0 Å². The van der Waals surface area contributed by atoms with Crippen molar-refractivity contribution in [2.75, 3.05) is 23.3 Å². The molecule has 0 spiro atoms. The van der Waals surface area contributed by atoms with Crippen LogP contribution in [-0.2, 0) is 0 Å². The van der Waals surface area contributed by atoms with Crippen LogP contribution in [0, 0.1) is 21.7 Å². The van der Waals surface area contributed by atoms with E-state index in [0.29, 0.717) is 5.69 Å². The smallest absolute Gasteiger partial charge is 0.293 e. The lowest BCUT2D eigenvalue weighted by atomic mass is 10.1. The zero-order valence-electron chi connectivity index (χ0n) is 13.9. The molecule has 1 amide bonds. The highest BCUT2D eigenvalue weighted by atomic mass is 19.1. The number of hydrogen-bond donors (Lipinski definition) is 1. The minimum Gasteiger partial charge on any atom is -0.366 e. The van der Waals surface area contributed by atoms with E-state index in [0.717, 1.165) is 56.6 Å². The van der Waals surface area contributed by atoms with Crippen molar-refractivity contribution in [2.24, 2.45) is 0 Å². The van der Waals surface area contributed by atoms with Gasteiger partial charge in [0.1, 0.15) is 17.3 Å². The Labute approximate surface area is 148 Å². The van der Waals surface area contributed by atoms with E-state index in [9.17, 15) is 23.7 Å². The molecule has 1 aliphatic heterocycles. The van der Waals surface area contributed by atoms with Gasteiger partial charge in [0.2, 0.25) is 0 Å². The third-order valence-electron chi connectivity index (χ3n) is 4.31. The van der Waals surface area contributed by atoms with Crippen molar-refractivity contribution in [1.29, 1.82) is 0 Å². The Morgan fingerprint density at radius 2 is 1.81 bits per heavy atom. The minimum absolute atomic E-state index is 0.00104. The van der Waals surface area contributed by atoms with Crippen LogP contribution in [0.25, 0.3) is 0 Å². The first-order valence-corrected chi connectivity index (χ1v) is 8.25. The number of nitro groups is 1. The van der Waals surface area contributed by atoms with E-state index >= 15 is 0 Å². The van der Waals surface area contributed by atoms with Crippen LogP contribution >= 0.6 is 0 Å². The molecule has 8 heteroatoms. The molecule has 0 saturated carbocycles. The summed E-state index contributed by atoms with van der Waals surface area (Å²) in [6, 6.07) is 6.82. The summed E-state index contributed by atoms with van der Waals surface area (Å²) in [5, 5.41) is 13.7. The Bertz CT molecular complexity index is 852. The number of benzene rings is 2. The Hall–Kier alpha value is -3.03. The van der Waals surface area contributed by atoms with E-state index < -0.39 is 22.5 Å². The van der Waals surface area contributed by atoms with Crippen molar-refractivity contribution in [3.8, 4) is 0 Å². The molecule has 1 saturated heterocycles. The third-order valence-corrected chi connectivity index (χ3v) is 4.31. The molecule has 136 valence electrons. The van der Waals surface area contributed by atoms with Crippen LogP contribution in [-0.4, -0.2) is 23.9 Å². The van der Waals surface area contributed by atoms with Crippen molar-refractivity contribution in [3.63, 3.8) is 0 Å². The average molecular weight is 361 g/mol. The molecule has 1 N–H and O–H groups in total. The highest BCUT2D eigenvalue weighted by Gasteiger charge is 2.23. The second kappa shape index (κ2) is 7.47. The number of nitro benzene ring substituents is 1. The van der Waals surface area contributed by atoms with Gasteiger partial charge in [-0.15, -0.1) is 0 Å². The van der Waals surface area contributed by atoms with Crippen molar-refractivity contribution >= 4 is 23.0 Å². The lowest BCUT2D eigenvalue weighted by Gasteiger charge is -2.28. The van der Waals surface area contributed by atoms with Crippen LogP contribution in [0.1, 0.15) is 29.6 Å². The van der Waals surface area contributed by atoms with Gasteiger partial charge in [-0.2, -0.15) is 0 Å². The van der Waals surface area contributed by atoms with Gasteiger partial charge in [-0.3, -0.25) is 14.9 Å². The molecule has 0 aromatic heterocycles. The fraction of sp³-hybridized carbons (Fsp3) is 0.278. The number of nitrogens with one attached hydrogen (secondary N) is 1. The summed E-state index contributed by atoms with van der Waals surface area (Å²) in [5.41, 5.74) is -0.0404. The normalized spacial score (nSPS) is 14.2. The van der Waals surface area contributed by atoms with Crippen LogP contribution in [0.3, 0.4) is 0 Å². The summed E-state index contributed by atoms with van der Waals surface area (Å²) in [5.74, 6) is -2.24. The molecule has 1 aliphatic rings. The zero-order chi connectivity index (χ0) is 18.7. The van der Waals surface area contributed by atoms with E-state index in [1.54, 1.807) is 0 Å². The molecule has 0 unspecified atom stereocenters. The number of nitrogens with zero attached hydrogens (tertiary/aromatic N) is 2. The van der Waals surface area contributed by atoms with Crippen molar-refractivity contribution in [2.45, 2.75) is 19.3 Å². The molecular weight excluding hydrogens is 344 g/mol. The average Bonchev–Trinajstić information content (AvgIpc) is 2.65. The maximum atomic E-state index is 13.7. The zero-order valence-corrected chi connectivity index (χ0v) is 13.9. The first kappa shape index (κ1) is 17.8.